The van der Waals surface area contributed by atoms with Crippen LogP contribution in [0.5, 0.6) is 0 Å². The number of hydrogen-bond donors (Lipinski definition) is 1. The Morgan fingerprint density at radius 2 is 2.22 bits per heavy atom. The van der Waals surface area contributed by atoms with E-state index in [1.54, 1.807) is 10.8 Å². The lowest BCUT2D eigenvalue weighted by molar-refractivity contribution is 0.0473. The molecule has 0 fully saturated rings. The van der Waals surface area contributed by atoms with Gasteiger partial charge in [0, 0.05) is 17.7 Å². The maximum atomic E-state index is 9.94. The number of hydrogen-bond acceptors (Lipinski definition) is 6. The molecule has 7 heteroatoms. The van der Waals surface area contributed by atoms with Crippen molar-refractivity contribution >= 4 is 28.3 Å². The standard InChI is InChI=1S/C16H20N4O2S/c1-2-3-8-22-9-12(21)10-23-16-18-15-13-6-4-5-7-14(13)17-11-20(15)19-16/h4-7,11-12,21H,2-3,8-10H2,1H3/t12-/m1/s1. The van der Waals surface area contributed by atoms with Crippen LogP contribution in [0.4, 0.5) is 0 Å². The second-order valence-electron chi connectivity index (χ2n) is 5.32. The van der Waals surface area contributed by atoms with Gasteiger partial charge in [-0.2, -0.15) is 0 Å². The highest BCUT2D eigenvalue weighted by Crippen LogP contribution is 2.20. The third-order valence-corrected chi connectivity index (χ3v) is 4.40. The van der Waals surface area contributed by atoms with Gasteiger partial charge in [0.25, 0.3) is 0 Å². The van der Waals surface area contributed by atoms with Crippen molar-refractivity contribution in [3.05, 3.63) is 30.6 Å². The van der Waals surface area contributed by atoms with Gasteiger partial charge in [-0.1, -0.05) is 37.2 Å². The van der Waals surface area contributed by atoms with Crippen molar-refractivity contribution in [2.45, 2.75) is 31.0 Å². The molecule has 0 unspecified atom stereocenters. The van der Waals surface area contributed by atoms with Crippen LogP contribution >= 0.6 is 11.8 Å². The summed E-state index contributed by atoms with van der Waals surface area (Å²) in [5.74, 6) is 0.508. The number of nitrogens with zero attached hydrogens (tertiary/aromatic N) is 4. The van der Waals surface area contributed by atoms with Gasteiger partial charge in [-0.05, 0) is 18.6 Å². The molecule has 0 amide bonds. The predicted molar refractivity (Wildman–Crippen MR) is 90.7 cm³/mol. The van der Waals surface area contributed by atoms with E-state index < -0.39 is 6.10 Å². The summed E-state index contributed by atoms with van der Waals surface area (Å²) in [5, 5.41) is 15.9. The fourth-order valence-electron chi connectivity index (χ4n) is 2.21. The summed E-state index contributed by atoms with van der Waals surface area (Å²) < 4.78 is 7.10. The molecule has 0 bridgehead atoms. The Balaban J connectivity index is 1.63. The van der Waals surface area contributed by atoms with Crippen molar-refractivity contribution in [2.24, 2.45) is 0 Å². The summed E-state index contributed by atoms with van der Waals surface area (Å²) >= 11 is 1.43. The Kier molecular flexibility index (Phi) is 5.43. The van der Waals surface area contributed by atoms with E-state index in [0.717, 1.165) is 29.4 Å². The first kappa shape index (κ1) is 16.2. The third kappa shape index (κ3) is 3.99. The molecule has 1 N–H and O–H groups in total. The van der Waals surface area contributed by atoms with Crippen molar-refractivity contribution in [3.8, 4) is 0 Å². The molecule has 3 aromatic rings. The van der Waals surface area contributed by atoms with Gasteiger partial charge in [-0.25, -0.2) is 14.5 Å². The first-order valence-electron chi connectivity index (χ1n) is 7.76. The van der Waals surface area contributed by atoms with E-state index in [0.29, 0.717) is 24.1 Å². The topological polar surface area (TPSA) is 72.5 Å². The number of ether oxygens (including phenoxy) is 1. The summed E-state index contributed by atoms with van der Waals surface area (Å²) in [6.45, 7) is 3.16. The molecule has 6 nitrogen and oxygen atoms in total. The minimum absolute atomic E-state index is 0.352. The number of fused-ring (bicyclic) bond motifs is 3. The lowest BCUT2D eigenvalue weighted by Crippen LogP contribution is -2.18. The minimum atomic E-state index is -0.515. The number of para-hydroxylation sites is 1. The van der Waals surface area contributed by atoms with Gasteiger partial charge in [0.1, 0.15) is 6.33 Å². The predicted octanol–water partition coefficient (Wildman–Crippen LogP) is 2.55. The molecule has 122 valence electrons. The Hall–Kier alpha value is -1.70. The smallest absolute Gasteiger partial charge is 0.209 e. The number of unbranched alkanes of at least 4 members (excludes halogenated alkanes) is 1. The van der Waals surface area contributed by atoms with Crippen molar-refractivity contribution in [3.63, 3.8) is 0 Å². The maximum Gasteiger partial charge on any atom is 0.209 e. The molecular weight excluding hydrogens is 312 g/mol. The van der Waals surface area contributed by atoms with Crippen LogP contribution < -0.4 is 0 Å². The van der Waals surface area contributed by atoms with Crippen LogP contribution in [0, 0.1) is 0 Å². The Morgan fingerprint density at radius 1 is 1.35 bits per heavy atom. The summed E-state index contributed by atoms with van der Waals surface area (Å²) in [5.41, 5.74) is 1.68. The van der Waals surface area contributed by atoms with Crippen molar-refractivity contribution in [1.82, 2.24) is 19.6 Å². The van der Waals surface area contributed by atoms with E-state index >= 15 is 0 Å². The average Bonchev–Trinajstić information content (AvgIpc) is 3.00. The van der Waals surface area contributed by atoms with Gasteiger partial charge in [0.05, 0.1) is 18.2 Å². The van der Waals surface area contributed by atoms with E-state index in [-0.39, 0.29) is 0 Å². The monoisotopic (exact) mass is 332 g/mol. The zero-order valence-corrected chi connectivity index (χ0v) is 13.9. The third-order valence-electron chi connectivity index (χ3n) is 3.42. The van der Waals surface area contributed by atoms with Crippen LogP contribution in [0.1, 0.15) is 19.8 Å². The number of benzene rings is 1. The van der Waals surface area contributed by atoms with E-state index in [4.69, 9.17) is 4.74 Å². The largest absolute Gasteiger partial charge is 0.390 e. The maximum absolute atomic E-state index is 9.94. The van der Waals surface area contributed by atoms with Gasteiger partial charge in [-0.3, -0.25) is 0 Å². The quantitative estimate of drug-likeness (QED) is 0.505. The molecule has 0 saturated heterocycles. The van der Waals surface area contributed by atoms with E-state index in [1.807, 2.05) is 24.3 Å². The van der Waals surface area contributed by atoms with Crippen LogP contribution in [-0.2, 0) is 4.74 Å². The molecule has 3 rings (SSSR count). The van der Waals surface area contributed by atoms with Gasteiger partial charge >= 0.3 is 0 Å². The van der Waals surface area contributed by atoms with E-state index in [2.05, 4.69) is 22.0 Å². The van der Waals surface area contributed by atoms with Crippen LogP contribution in [0.2, 0.25) is 0 Å². The molecule has 1 aromatic carbocycles. The van der Waals surface area contributed by atoms with Crippen LogP contribution in [0.25, 0.3) is 16.6 Å². The first-order valence-corrected chi connectivity index (χ1v) is 8.75. The summed E-state index contributed by atoms with van der Waals surface area (Å²) in [6, 6.07) is 7.85. The first-order chi connectivity index (χ1) is 11.3. The molecule has 0 saturated carbocycles. The summed E-state index contributed by atoms with van der Waals surface area (Å²) in [7, 11) is 0. The second-order valence-corrected chi connectivity index (χ2v) is 6.30. The second kappa shape index (κ2) is 7.72. The zero-order chi connectivity index (χ0) is 16.1. The number of aromatic nitrogens is 4. The molecule has 0 aliphatic rings. The Labute approximate surface area is 138 Å². The highest BCUT2D eigenvalue weighted by molar-refractivity contribution is 7.99. The molecule has 1 atom stereocenters. The zero-order valence-electron chi connectivity index (χ0n) is 13.1. The molecule has 2 heterocycles. The molecule has 0 aliphatic carbocycles. The van der Waals surface area contributed by atoms with Gasteiger partial charge in [-0.15, -0.1) is 5.10 Å². The SMILES string of the molecule is CCCCOC[C@@H](O)CSc1nc2c3ccccc3ncn2n1. The van der Waals surface area contributed by atoms with Crippen LogP contribution in [-0.4, -0.2) is 49.8 Å². The average molecular weight is 332 g/mol. The van der Waals surface area contributed by atoms with E-state index in [9.17, 15) is 5.11 Å². The van der Waals surface area contributed by atoms with Crippen molar-refractivity contribution < 1.29 is 9.84 Å². The molecule has 0 radical (unpaired) electrons. The highest BCUT2D eigenvalue weighted by Gasteiger charge is 2.11. The van der Waals surface area contributed by atoms with Gasteiger partial charge in [0.2, 0.25) is 5.16 Å². The molecule has 0 spiro atoms. The lowest BCUT2D eigenvalue weighted by Gasteiger charge is -2.09. The number of thioether (sulfide) groups is 1. The number of aliphatic hydroxyl groups excluding tert-OH is 1. The molecular formula is C16H20N4O2S. The molecule has 2 aromatic heterocycles. The number of rotatable bonds is 8. The minimum Gasteiger partial charge on any atom is -0.390 e. The molecule has 0 aliphatic heterocycles. The normalized spacial score (nSPS) is 13.0. The van der Waals surface area contributed by atoms with Crippen molar-refractivity contribution in [1.29, 1.82) is 0 Å². The van der Waals surface area contributed by atoms with Crippen LogP contribution in [0.15, 0.2) is 35.7 Å². The summed E-state index contributed by atoms with van der Waals surface area (Å²) in [6.07, 6.45) is 3.27. The highest BCUT2D eigenvalue weighted by atomic mass is 32.2. The van der Waals surface area contributed by atoms with Crippen LogP contribution in [0.3, 0.4) is 0 Å². The number of aliphatic hydroxyl groups is 1. The van der Waals surface area contributed by atoms with Gasteiger partial charge < -0.3 is 9.84 Å². The van der Waals surface area contributed by atoms with E-state index in [1.165, 1.54) is 11.8 Å². The fourth-order valence-corrected chi connectivity index (χ4v) is 2.94. The Morgan fingerprint density at radius 3 is 3.09 bits per heavy atom. The Bertz CT molecular complexity index is 777. The van der Waals surface area contributed by atoms with Gasteiger partial charge in [0.15, 0.2) is 5.65 Å². The fraction of sp³-hybridized carbons (Fsp3) is 0.438. The lowest BCUT2D eigenvalue weighted by atomic mass is 10.2. The van der Waals surface area contributed by atoms with Crippen molar-refractivity contribution in [2.75, 3.05) is 19.0 Å². The summed E-state index contributed by atoms with van der Waals surface area (Å²) in [4.78, 5) is 8.90. The molecule has 23 heavy (non-hydrogen) atoms.